The van der Waals surface area contributed by atoms with E-state index in [4.69, 9.17) is 5.11 Å². The highest BCUT2D eigenvalue weighted by Gasteiger charge is 2.22. The number of aromatic nitrogens is 2. The molecule has 0 fully saturated rings. The number of rotatable bonds is 3. The van der Waals surface area contributed by atoms with Gasteiger partial charge >= 0.3 is 0 Å². The minimum Gasteiger partial charge on any atom is -0.392 e. The van der Waals surface area contributed by atoms with Crippen LogP contribution in [0.1, 0.15) is 33.6 Å². The van der Waals surface area contributed by atoms with Crippen molar-refractivity contribution in [2.75, 3.05) is 0 Å². The van der Waals surface area contributed by atoms with E-state index in [1.165, 1.54) is 12.1 Å². The number of carbonyl (C=O) groups excluding carboxylic acids is 1. The summed E-state index contributed by atoms with van der Waals surface area (Å²) in [5.41, 5.74) is 2.70. The van der Waals surface area contributed by atoms with E-state index in [0.717, 1.165) is 36.6 Å². The summed E-state index contributed by atoms with van der Waals surface area (Å²) in [6, 6.07) is 4.14. The van der Waals surface area contributed by atoms with E-state index in [9.17, 15) is 9.18 Å². The van der Waals surface area contributed by atoms with Gasteiger partial charge in [-0.1, -0.05) is 6.07 Å². The third-order valence-electron chi connectivity index (χ3n) is 3.84. The van der Waals surface area contributed by atoms with Gasteiger partial charge in [-0.2, -0.15) is 5.10 Å². The number of fused-ring (bicyclic) bond motifs is 1. The van der Waals surface area contributed by atoms with E-state index >= 15 is 0 Å². The van der Waals surface area contributed by atoms with Gasteiger partial charge in [0.2, 0.25) is 0 Å². The summed E-state index contributed by atoms with van der Waals surface area (Å²) < 4.78 is 13.6. The van der Waals surface area contributed by atoms with Gasteiger partial charge in [0.05, 0.1) is 12.8 Å². The monoisotopic (exact) mass is 289 g/mol. The van der Waals surface area contributed by atoms with Crippen LogP contribution in [0, 0.1) is 5.82 Å². The van der Waals surface area contributed by atoms with Crippen LogP contribution in [0.4, 0.5) is 4.39 Å². The number of aryl methyl sites for hydroxylation is 1. The van der Waals surface area contributed by atoms with Crippen molar-refractivity contribution in [1.82, 2.24) is 15.5 Å². The van der Waals surface area contributed by atoms with E-state index in [1.807, 2.05) is 0 Å². The van der Waals surface area contributed by atoms with Crippen molar-refractivity contribution in [2.24, 2.45) is 0 Å². The molecule has 0 saturated heterocycles. The number of halogens is 1. The van der Waals surface area contributed by atoms with Gasteiger partial charge in [0.25, 0.3) is 5.91 Å². The largest absolute Gasteiger partial charge is 0.392 e. The van der Waals surface area contributed by atoms with E-state index in [-0.39, 0.29) is 29.7 Å². The zero-order chi connectivity index (χ0) is 14.8. The predicted molar refractivity (Wildman–Crippen MR) is 74.2 cm³/mol. The van der Waals surface area contributed by atoms with Gasteiger partial charge < -0.3 is 10.4 Å². The van der Waals surface area contributed by atoms with Crippen molar-refractivity contribution in [2.45, 2.75) is 31.9 Å². The quantitative estimate of drug-likeness (QED) is 0.797. The van der Waals surface area contributed by atoms with Crippen molar-refractivity contribution >= 4 is 5.91 Å². The minimum atomic E-state index is -0.564. The fraction of sp³-hybridized carbons (Fsp3) is 0.333. The van der Waals surface area contributed by atoms with Gasteiger partial charge in [-0.15, -0.1) is 0 Å². The number of carbonyl (C=O) groups is 1. The molecule has 1 aromatic carbocycles. The molecule has 5 nitrogen and oxygen atoms in total. The van der Waals surface area contributed by atoms with Crippen LogP contribution < -0.4 is 5.32 Å². The minimum absolute atomic E-state index is 0.0307. The number of aromatic amines is 1. The predicted octanol–water partition coefficient (Wildman–Crippen LogP) is 1.33. The van der Waals surface area contributed by atoms with Gasteiger partial charge in [0.1, 0.15) is 5.82 Å². The number of hydrogen-bond acceptors (Lipinski definition) is 3. The van der Waals surface area contributed by atoms with Crippen molar-refractivity contribution in [1.29, 1.82) is 0 Å². The molecule has 1 heterocycles. The number of aliphatic hydroxyl groups is 1. The van der Waals surface area contributed by atoms with Crippen LogP contribution >= 0.6 is 0 Å². The van der Waals surface area contributed by atoms with Crippen LogP contribution in [0.25, 0.3) is 0 Å². The zero-order valence-electron chi connectivity index (χ0n) is 11.4. The zero-order valence-corrected chi connectivity index (χ0v) is 11.4. The standard InChI is InChI=1S/C15H16FN3O2/c16-13-6-9(1-2-10(13)8-20)15(21)18-12-3-4-14-11(5-12)7-17-19-14/h1-2,6-7,12,20H,3-5,8H2,(H,17,19)(H,18,21). The van der Waals surface area contributed by atoms with Gasteiger partial charge in [-0.3, -0.25) is 9.89 Å². The average Bonchev–Trinajstić information content (AvgIpc) is 2.94. The molecule has 0 saturated carbocycles. The first kappa shape index (κ1) is 13.8. The maximum absolute atomic E-state index is 13.6. The summed E-state index contributed by atoms with van der Waals surface area (Å²) in [7, 11) is 0. The molecule has 1 aromatic heterocycles. The molecule has 1 aliphatic rings. The molecule has 6 heteroatoms. The highest BCUT2D eigenvalue weighted by Crippen LogP contribution is 2.19. The molecular formula is C15H16FN3O2. The Morgan fingerprint density at radius 3 is 3.14 bits per heavy atom. The molecule has 0 bridgehead atoms. The summed E-state index contributed by atoms with van der Waals surface area (Å²) in [6.07, 6.45) is 4.19. The lowest BCUT2D eigenvalue weighted by Gasteiger charge is -2.22. The normalized spacial score (nSPS) is 17.3. The first-order valence-corrected chi connectivity index (χ1v) is 6.88. The lowest BCUT2D eigenvalue weighted by atomic mass is 9.93. The Kier molecular flexibility index (Phi) is 3.70. The number of amides is 1. The van der Waals surface area contributed by atoms with E-state index in [2.05, 4.69) is 15.5 Å². The van der Waals surface area contributed by atoms with Crippen LogP contribution in [0.2, 0.25) is 0 Å². The number of benzene rings is 1. The first-order valence-electron chi connectivity index (χ1n) is 6.88. The Hall–Kier alpha value is -2.21. The molecule has 1 atom stereocenters. The van der Waals surface area contributed by atoms with Crippen LogP contribution in [-0.2, 0) is 19.4 Å². The Bertz CT molecular complexity index is 669. The molecule has 3 N–H and O–H groups in total. The molecule has 110 valence electrons. The maximum atomic E-state index is 13.6. The summed E-state index contributed by atoms with van der Waals surface area (Å²) in [5, 5.41) is 18.8. The first-order chi connectivity index (χ1) is 10.2. The van der Waals surface area contributed by atoms with E-state index < -0.39 is 5.82 Å². The Labute approximate surface area is 121 Å². The van der Waals surface area contributed by atoms with Gasteiger partial charge in [-0.25, -0.2) is 4.39 Å². The number of nitrogens with one attached hydrogen (secondary N) is 2. The summed E-state index contributed by atoms with van der Waals surface area (Å²) >= 11 is 0. The average molecular weight is 289 g/mol. The number of H-pyrrole nitrogens is 1. The molecule has 2 aromatic rings. The topological polar surface area (TPSA) is 78.0 Å². The molecule has 1 unspecified atom stereocenters. The molecule has 0 aliphatic heterocycles. The molecule has 3 rings (SSSR count). The van der Waals surface area contributed by atoms with Gasteiger partial charge in [-0.05, 0) is 37.0 Å². The van der Waals surface area contributed by atoms with Crippen LogP contribution in [-0.4, -0.2) is 27.3 Å². The Balaban J connectivity index is 1.68. The van der Waals surface area contributed by atoms with Crippen LogP contribution in [0.3, 0.4) is 0 Å². The third-order valence-corrected chi connectivity index (χ3v) is 3.84. The van der Waals surface area contributed by atoms with Gasteiger partial charge in [0.15, 0.2) is 0 Å². The number of hydrogen-bond donors (Lipinski definition) is 3. The van der Waals surface area contributed by atoms with Crippen LogP contribution in [0.5, 0.6) is 0 Å². The fourth-order valence-corrected chi connectivity index (χ4v) is 2.62. The summed E-state index contributed by atoms with van der Waals surface area (Å²) in [5.74, 6) is -0.860. The second-order valence-corrected chi connectivity index (χ2v) is 5.25. The Morgan fingerprint density at radius 2 is 2.38 bits per heavy atom. The second-order valence-electron chi connectivity index (χ2n) is 5.25. The van der Waals surface area contributed by atoms with E-state index in [1.54, 1.807) is 6.20 Å². The molecule has 1 aliphatic carbocycles. The van der Waals surface area contributed by atoms with Crippen molar-refractivity contribution in [3.63, 3.8) is 0 Å². The molecule has 0 radical (unpaired) electrons. The third kappa shape index (κ3) is 2.80. The highest BCUT2D eigenvalue weighted by atomic mass is 19.1. The Morgan fingerprint density at radius 1 is 1.52 bits per heavy atom. The molecule has 1 amide bonds. The van der Waals surface area contributed by atoms with Crippen molar-refractivity contribution in [3.8, 4) is 0 Å². The lowest BCUT2D eigenvalue weighted by Crippen LogP contribution is -2.38. The molecule has 21 heavy (non-hydrogen) atoms. The lowest BCUT2D eigenvalue weighted by molar-refractivity contribution is 0.0933. The smallest absolute Gasteiger partial charge is 0.251 e. The highest BCUT2D eigenvalue weighted by molar-refractivity contribution is 5.94. The van der Waals surface area contributed by atoms with E-state index in [0.29, 0.717) is 0 Å². The maximum Gasteiger partial charge on any atom is 0.251 e. The van der Waals surface area contributed by atoms with Crippen molar-refractivity contribution in [3.05, 3.63) is 52.6 Å². The van der Waals surface area contributed by atoms with Gasteiger partial charge in [0, 0.05) is 22.9 Å². The number of nitrogens with zero attached hydrogens (tertiary/aromatic N) is 1. The second kappa shape index (κ2) is 5.65. The summed E-state index contributed by atoms with van der Waals surface area (Å²) in [4.78, 5) is 12.2. The molecular weight excluding hydrogens is 273 g/mol. The summed E-state index contributed by atoms with van der Waals surface area (Å²) in [6.45, 7) is -0.375. The molecule has 0 spiro atoms. The fourth-order valence-electron chi connectivity index (χ4n) is 2.62. The van der Waals surface area contributed by atoms with Crippen molar-refractivity contribution < 1.29 is 14.3 Å². The SMILES string of the molecule is O=C(NC1CCc2[nH]ncc2C1)c1ccc(CO)c(F)c1. The number of aliphatic hydroxyl groups excluding tert-OH is 1. The van der Waals surface area contributed by atoms with Crippen LogP contribution in [0.15, 0.2) is 24.4 Å².